The van der Waals surface area contributed by atoms with Crippen LogP contribution in [0.3, 0.4) is 0 Å². The molecule has 0 saturated heterocycles. The summed E-state index contributed by atoms with van der Waals surface area (Å²) in [5.41, 5.74) is 2.07. The van der Waals surface area contributed by atoms with Gasteiger partial charge in [0.2, 0.25) is 0 Å². The number of esters is 1. The van der Waals surface area contributed by atoms with E-state index in [0.29, 0.717) is 6.54 Å². The molecule has 0 fully saturated rings. The second-order valence-electron chi connectivity index (χ2n) is 5.56. The number of hydrogen-bond acceptors (Lipinski definition) is 5. The Morgan fingerprint density at radius 1 is 1.21 bits per heavy atom. The first-order valence-corrected chi connectivity index (χ1v) is 7.80. The summed E-state index contributed by atoms with van der Waals surface area (Å²) < 4.78 is 15.4. The highest BCUT2D eigenvalue weighted by molar-refractivity contribution is 6.06. The highest BCUT2D eigenvalue weighted by Gasteiger charge is 2.27. The van der Waals surface area contributed by atoms with E-state index in [9.17, 15) is 9.59 Å². The maximum Gasteiger partial charge on any atom is 0.341 e. The van der Waals surface area contributed by atoms with Gasteiger partial charge in [0.25, 0.3) is 5.91 Å². The van der Waals surface area contributed by atoms with Gasteiger partial charge in [-0.25, -0.2) is 4.79 Å². The van der Waals surface area contributed by atoms with Crippen LogP contribution in [0.25, 0.3) is 0 Å². The van der Waals surface area contributed by atoms with Gasteiger partial charge in [-0.1, -0.05) is 6.07 Å². The fourth-order valence-electron chi connectivity index (χ4n) is 2.96. The van der Waals surface area contributed by atoms with Crippen molar-refractivity contribution in [2.45, 2.75) is 19.3 Å². The third-order valence-corrected chi connectivity index (χ3v) is 4.15. The van der Waals surface area contributed by atoms with Crippen LogP contribution in [0.15, 0.2) is 34.9 Å². The van der Waals surface area contributed by atoms with E-state index in [-0.39, 0.29) is 17.2 Å². The van der Waals surface area contributed by atoms with Crippen molar-refractivity contribution >= 4 is 17.6 Å². The summed E-state index contributed by atoms with van der Waals surface area (Å²) in [6.07, 6.45) is 3.95. The van der Waals surface area contributed by atoms with E-state index in [4.69, 9.17) is 9.15 Å². The number of amides is 1. The number of methoxy groups -OCH3 is 2. The van der Waals surface area contributed by atoms with E-state index in [0.717, 1.165) is 36.3 Å². The summed E-state index contributed by atoms with van der Waals surface area (Å²) in [5.74, 6) is 0.0882. The molecule has 0 spiro atoms. The molecule has 1 aliphatic rings. The van der Waals surface area contributed by atoms with Gasteiger partial charge in [0.15, 0.2) is 5.76 Å². The van der Waals surface area contributed by atoms with Gasteiger partial charge in [0, 0.05) is 18.2 Å². The lowest BCUT2D eigenvalue weighted by Gasteiger charge is -2.22. The zero-order chi connectivity index (χ0) is 17.1. The van der Waals surface area contributed by atoms with Crippen molar-refractivity contribution in [3.8, 4) is 5.75 Å². The fourth-order valence-corrected chi connectivity index (χ4v) is 2.96. The first-order valence-electron chi connectivity index (χ1n) is 7.80. The summed E-state index contributed by atoms with van der Waals surface area (Å²) in [6, 6.07) is 7.09. The number of benzene rings is 1. The lowest BCUT2D eigenvalue weighted by molar-refractivity contribution is 0.0600. The SMILES string of the molecule is COC(=O)c1coc(C(=O)N2CCCCc3c(OC)cccc32)c1. The third kappa shape index (κ3) is 2.87. The standard InChI is InChI=1S/C18H19NO5/c1-22-15-8-5-7-14-13(15)6-3-4-9-19(14)17(20)16-10-12(11-24-16)18(21)23-2/h5,7-8,10-11H,3-4,6,9H2,1-2H3. The van der Waals surface area contributed by atoms with Crippen molar-refractivity contribution < 1.29 is 23.5 Å². The maximum absolute atomic E-state index is 12.9. The Bertz CT molecular complexity index is 765. The van der Waals surface area contributed by atoms with Crippen LogP contribution >= 0.6 is 0 Å². The maximum atomic E-state index is 12.9. The molecule has 2 heterocycles. The Kier molecular flexibility index (Phi) is 4.55. The van der Waals surface area contributed by atoms with Gasteiger partial charge >= 0.3 is 5.97 Å². The van der Waals surface area contributed by atoms with Crippen LogP contribution < -0.4 is 9.64 Å². The molecule has 1 aromatic carbocycles. The van der Waals surface area contributed by atoms with Crippen LogP contribution in [-0.4, -0.2) is 32.6 Å². The second-order valence-corrected chi connectivity index (χ2v) is 5.56. The average molecular weight is 329 g/mol. The highest BCUT2D eigenvalue weighted by atomic mass is 16.5. The number of furan rings is 1. The number of fused-ring (bicyclic) bond motifs is 1. The molecule has 3 rings (SSSR count). The first-order chi connectivity index (χ1) is 11.7. The van der Waals surface area contributed by atoms with Crippen molar-refractivity contribution in [2.75, 3.05) is 25.7 Å². The molecule has 0 N–H and O–H groups in total. The molecule has 0 unspecified atom stereocenters. The molecular formula is C18H19NO5. The number of hydrogen-bond donors (Lipinski definition) is 0. The van der Waals surface area contributed by atoms with E-state index >= 15 is 0 Å². The van der Waals surface area contributed by atoms with Gasteiger partial charge in [-0.15, -0.1) is 0 Å². The Balaban J connectivity index is 1.96. The van der Waals surface area contributed by atoms with Crippen molar-refractivity contribution in [1.82, 2.24) is 0 Å². The minimum atomic E-state index is -0.532. The molecule has 1 aromatic heterocycles. The summed E-state index contributed by atoms with van der Waals surface area (Å²) in [5, 5.41) is 0. The predicted molar refractivity (Wildman–Crippen MR) is 87.7 cm³/mol. The highest BCUT2D eigenvalue weighted by Crippen LogP contribution is 2.34. The van der Waals surface area contributed by atoms with E-state index in [1.165, 1.54) is 19.4 Å². The van der Waals surface area contributed by atoms with Crippen molar-refractivity contribution in [2.24, 2.45) is 0 Å². The van der Waals surface area contributed by atoms with Gasteiger partial charge in [-0.3, -0.25) is 4.79 Å². The fraction of sp³-hybridized carbons (Fsp3) is 0.333. The smallest absolute Gasteiger partial charge is 0.341 e. The molecule has 6 nitrogen and oxygen atoms in total. The van der Waals surface area contributed by atoms with Gasteiger partial charge in [0.05, 0.1) is 25.5 Å². The van der Waals surface area contributed by atoms with Crippen LogP contribution in [0.1, 0.15) is 39.3 Å². The van der Waals surface area contributed by atoms with Crippen LogP contribution in [0.5, 0.6) is 5.75 Å². The zero-order valence-electron chi connectivity index (χ0n) is 13.7. The van der Waals surface area contributed by atoms with Crippen LogP contribution in [0.2, 0.25) is 0 Å². The third-order valence-electron chi connectivity index (χ3n) is 4.15. The number of anilines is 1. The number of carbonyl (C=O) groups excluding carboxylic acids is 2. The van der Waals surface area contributed by atoms with Crippen LogP contribution in [0.4, 0.5) is 5.69 Å². The zero-order valence-corrected chi connectivity index (χ0v) is 13.7. The average Bonchev–Trinajstić information content (AvgIpc) is 3.01. The quantitative estimate of drug-likeness (QED) is 0.810. The van der Waals surface area contributed by atoms with Gasteiger partial charge in [-0.2, -0.15) is 0 Å². The Morgan fingerprint density at radius 2 is 2.04 bits per heavy atom. The Hall–Kier alpha value is -2.76. The largest absolute Gasteiger partial charge is 0.496 e. The van der Waals surface area contributed by atoms with Gasteiger partial charge in [0.1, 0.15) is 12.0 Å². The number of carbonyl (C=O) groups is 2. The minimum absolute atomic E-state index is 0.117. The van der Waals surface area contributed by atoms with E-state index in [2.05, 4.69) is 4.74 Å². The molecule has 0 aliphatic carbocycles. The number of nitrogens with zero attached hydrogens (tertiary/aromatic N) is 1. The summed E-state index contributed by atoms with van der Waals surface area (Å²) in [4.78, 5) is 26.1. The lowest BCUT2D eigenvalue weighted by Crippen LogP contribution is -2.31. The topological polar surface area (TPSA) is 69.0 Å². The van der Waals surface area contributed by atoms with Crippen molar-refractivity contribution in [3.63, 3.8) is 0 Å². The monoisotopic (exact) mass is 329 g/mol. The van der Waals surface area contributed by atoms with E-state index in [1.807, 2.05) is 18.2 Å². The van der Waals surface area contributed by atoms with Crippen LogP contribution in [-0.2, 0) is 11.2 Å². The molecule has 6 heteroatoms. The van der Waals surface area contributed by atoms with Gasteiger partial charge in [-0.05, 0) is 31.4 Å². The molecule has 2 aromatic rings. The van der Waals surface area contributed by atoms with Crippen molar-refractivity contribution in [1.29, 1.82) is 0 Å². The van der Waals surface area contributed by atoms with Gasteiger partial charge < -0.3 is 18.8 Å². The van der Waals surface area contributed by atoms with E-state index < -0.39 is 5.97 Å². The minimum Gasteiger partial charge on any atom is -0.496 e. The lowest BCUT2D eigenvalue weighted by atomic mass is 10.1. The molecule has 126 valence electrons. The molecular weight excluding hydrogens is 310 g/mol. The van der Waals surface area contributed by atoms with Crippen LogP contribution in [0, 0.1) is 0 Å². The summed E-state index contributed by atoms with van der Waals surface area (Å²) in [7, 11) is 2.91. The second kappa shape index (κ2) is 6.78. The Morgan fingerprint density at radius 3 is 2.79 bits per heavy atom. The number of rotatable bonds is 3. The predicted octanol–water partition coefficient (Wildman–Crippen LogP) is 3.06. The summed E-state index contributed by atoms with van der Waals surface area (Å²) in [6.45, 7) is 0.591. The normalized spacial score (nSPS) is 13.8. The first kappa shape index (κ1) is 16.1. The number of ether oxygens (including phenoxy) is 2. The van der Waals surface area contributed by atoms with Crippen molar-refractivity contribution in [3.05, 3.63) is 47.4 Å². The molecule has 0 radical (unpaired) electrons. The molecule has 0 saturated carbocycles. The van der Waals surface area contributed by atoms with E-state index in [1.54, 1.807) is 12.0 Å². The summed E-state index contributed by atoms with van der Waals surface area (Å²) >= 11 is 0. The Labute approximate surface area is 140 Å². The molecule has 1 amide bonds. The molecule has 0 bridgehead atoms. The molecule has 24 heavy (non-hydrogen) atoms. The molecule has 0 atom stereocenters. The molecule has 1 aliphatic heterocycles.